The fraction of sp³-hybridized carbons (Fsp3) is 1.00. The lowest BCUT2D eigenvalue weighted by Gasteiger charge is -2.31. The molecule has 0 aromatic rings. The topological polar surface area (TPSA) is 12.5 Å². The summed E-state index contributed by atoms with van der Waals surface area (Å²) in [4.78, 5) is 2.64. The summed E-state index contributed by atoms with van der Waals surface area (Å²) in [5.74, 6) is 0. The van der Waals surface area contributed by atoms with Gasteiger partial charge in [0.05, 0.1) is 6.61 Å². The van der Waals surface area contributed by atoms with Crippen LogP contribution in [0.15, 0.2) is 0 Å². The monoisotopic (exact) mass is 199 g/mol. The Labute approximate surface area is 88.6 Å². The van der Waals surface area contributed by atoms with Crippen LogP contribution >= 0.6 is 0 Å². The zero-order chi connectivity index (χ0) is 10.4. The van der Waals surface area contributed by atoms with Gasteiger partial charge >= 0.3 is 0 Å². The lowest BCUT2D eigenvalue weighted by Crippen LogP contribution is -2.42. The Balaban J connectivity index is 0.000000461. The van der Waals surface area contributed by atoms with Crippen LogP contribution in [0, 0.1) is 0 Å². The molecule has 0 radical (unpaired) electrons. The van der Waals surface area contributed by atoms with Gasteiger partial charge in [0.1, 0.15) is 0 Å². The number of ether oxygens (including phenoxy) is 1. The molecule has 2 heteroatoms. The molecule has 0 aliphatic carbocycles. The molecule has 2 rings (SSSR count). The molecule has 0 N–H and O–H groups in total. The van der Waals surface area contributed by atoms with Crippen LogP contribution in [0.5, 0.6) is 0 Å². The van der Waals surface area contributed by atoms with Gasteiger partial charge in [0.2, 0.25) is 0 Å². The van der Waals surface area contributed by atoms with Crippen molar-refractivity contribution < 1.29 is 4.74 Å². The van der Waals surface area contributed by atoms with Gasteiger partial charge in [0, 0.05) is 12.1 Å². The molecule has 2 heterocycles. The van der Waals surface area contributed by atoms with E-state index in [-0.39, 0.29) is 0 Å². The second-order valence-electron chi connectivity index (χ2n) is 4.06. The fourth-order valence-corrected chi connectivity index (χ4v) is 2.75. The Kier molecular flexibility index (Phi) is 4.90. The van der Waals surface area contributed by atoms with E-state index in [1.165, 1.54) is 38.8 Å². The first-order valence-electron chi connectivity index (χ1n) is 6.20. The highest BCUT2D eigenvalue weighted by molar-refractivity contribution is 4.99. The SMILES string of the molecule is CC.CCOCC12CCCN1CCC2. The second kappa shape index (κ2) is 5.72. The van der Waals surface area contributed by atoms with Crippen LogP contribution in [0.3, 0.4) is 0 Å². The Hall–Kier alpha value is -0.0800. The molecule has 0 atom stereocenters. The van der Waals surface area contributed by atoms with E-state index in [1.54, 1.807) is 0 Å². The Morgan fingerprint density at radius 3 is 2.21 bits per heavy atom. The first-order chi connectivity index (χ1) is 6.87. The summed E-state index contributed by atoms with van der Waals surface area (Å²) in [6.45, 7) is 10.6. The Bertz CT molecular complexity index is 148. The third kappa shape index (κ3) is 2.29. The van der Waals surface area contributed by atoms with Gasteiger partial charge in [0.15, 0.2) is 0 Å². The molecule has 2 aliphatic heterocycles. The van der Waals surface area contributed by atoms with Gasteiger partial charge in [0.25, 0.3) is 0 Å². The number of hydrogen-bond donors (Lipinski definition) is 0. The zero-order valence-corrected chi connectivity index (χ0v) is 10.0. The zero-order valence-electron chi connectivity index (χ0n) is 10.0. The quantitative estimate of drug-likeness (QED) is 0.693. The molecule has 2 nitrogen and oxygen atoms in total. The van der Waals surface area contributed by atoms with E-state index in [4.69, 9.17) is 4.74 Å². The minimum atomic E-state index is 0.468. The summed E-state index contributed by atoms with van der Waals surface area (Å²) >= 11 is 0. The predicted octanol–water partition coefficient (Wildman–Crippen LogP) is 2.68. The molecule has 0 unspecified atom stereocenters. The molecule has 2 fully saturated rings. The van der Waals surface area contributed by atoms with E-state index in [1.807, 2.05) is 13.8 Å². The molecule has 0 spiro atoms. The molecule has 0 bridgehead atoms. The van der Waals surface area contributed by atoms with Gasteiger partial charge in [-0.25, -0.2) is 0 Å². The van der Waals surface area contributed by atoms with Crippen LogP contribution in [-0.2, 0) is 4.74 Å². The van der Waals surface area contributed by atoms with Gasteiger partial charge < -0.3 is 4.74 Å². The number of rotatable bonds is 3. The van der Waals surface area contributed by atoms with Crippen LogP contribution in [-0.4, -0.2) is 36.7 Å². The normalized spacial score (nSPS) is 24.2. The molecule has 14 heavy (non-hydrogen) atoms. The molecule has 0 amide bonds. The summed E-state index contributed by atoms with van der Waals surface area (Å²) in [6.07, 6.45) is 5.50. The molecule has 0 aromatic carbocycles. The highest BCUT2D eigenvalue weighted by atomic mass is 16.5. The Morgan fingerprint density at radius 2 is 1.71 bits per heavy atom. The summed E-state index contributed by atoms with van der Waals surface area (Å²) in [5, 5.41) is 0. The van der Waals surface area contributed by atoms with Gasteiger partial charge in [-0.3, -0.25) is 4.90 Å². The minimum absolute atomic E-state index is 0.468. The van der Waals surface area contributed by atoms with Crippen molar-refractivity contribution in [2.75, 3.05) is 26.3 Å². The summed E-state index contributed by atoms with van der Waals surface area (Å²) in [6, 6.07) is 0. The molecule has 2 saturated heterocycles. The summed E-state index contributed by atoms with van der Waals surface area (Å²) in [7, 11) is 0. The fourth-order valence-electron chi connectivity index (χ4n) is 2.75. The third-order valence-electron chi connectivity index (χ3n) is 3.39. The molecular weight excluding hydrogens is 174 g/mol. The lowest BCUT2D eigenvalue weighted by molar-refractivity contribution is 0.0417. The van der Waals surface area contributed by atoms with Crippen LogP contribution in [0.1, 0.15) is 46.5 Å². The number of nitrogens with zero attached hydrogens (tertiary/aromatic N) is 1. The molecule has 0 saturated carbocycles. The second-order valence-corrected chi connectivity index (χ2v) is 4.06. The number of hydrogen-bond acceptors (Lipinski definition) is 2. The van der Waals surface area contributed by atoms with Crippen molar-refractivity contribution in [2.24, 2.45) is 0 Å². The Morgan fingerprint density at radius 1 is 1.14 bits per heavy atom. The van der Waals surface area contributed by atoms with Crippen molar-refractivity contribution in [3.05, 3.63) is 0 Å². The van der Waals surface area contributed by atoms with Crippen LogP contribution in [0.2, 0.25) is 0 Å². The average Bonchev–Trinajstić information content (AvgIpc) is 2.76. The maximum atomic E-state index is 5.58. The molecule has 84 valence electrons. The van der Waals surface area contributed by atoms with Crippen LogP contribution in [0.25, 0.3) is 0 Å². The van der Waals surface area contributed by atoms with Crippen LogP contribution in [0.4, 0.5) is 0 Å². The highest BCUT2D eigenvalue weighted by Crippen LogP contribution is 2.38. The van der Waals surface area contributed by atoms with Crippen molar-refractivity contribution in [3.63, 3.8) is 0 Å². The third-order valence-corrected chi connectivity index (χ3v) is 3.39. The maximum Gasteiger partial charge on any atom is 0.0650 e. The van der Waals surface area contributed by atoms with Gasteiger partial charge in [-0.1, -0.05) is 13.8 Å². The highest BCUT2D eigenvalue weighted by Gasteiger charge is 2.43. The molecular formula is C12H25NO. The van der Waals surface area contributed by atoms with E-state index in [0.717, 1.165) is 13.2 Å². The van der Waals surface area contributed by atoms with Crippen molar-refractivity contribution in [1.82, 2.24) is 4.90 Å². The lowest BCUT2D eigenvalue weighted by atomic mass is 9.95. The van der Waals surface area contributed by atoms with Gasteiger partial charge in [-0.05, 0) is 45.7 Å². The average molecular weight is 199 g/mol. The minimum Gasteiger partial charge on any atom is -0.380 e. The van der Waals surface area contributed by atoms with Crippen molar-refractivity contribution in [2.45, 2.75) is 52.0 Å². The van der Waals surface area contributed by atoms with Gasteiger partial charge in [-0.2, -0.15) is 0 Å². The van der Waals surface area contributed by atoms with E-state index < -0.39 is 0 Å². The van der Waals surface area contributed by atoms with E-state index >= 15 is 0 Å². The standard InChI is InChI=1S/C10H19NO.C2H6/c1-2-12-9-10-5-3-7-11(10)8-4-6-10;1-2/h2-9H2,1H3;1-2H3. The van der Waals surface area contributed by atoms with E-state index in [2.05, 4.69) is 11.8 Å². The summed E-state index contributed by atoms with van der Waals surface area (Å²) in [5.41, 5.74) is 0.468. The maximum absolute atomic E-state index is 5.58. The first-order valence-corrected chi connectivity index (χ1v) is 6.20. The van der Waals surface area contributed by atoms with Crippen molar-refractivity contribution in [1.29, 1.82) is 0 Å². The largest absolute Gasteiger partial charge is 0.380 e. The predicted molar refractivity (Wildman–Crippen MR) is 60.6 cm³/mol. The smallest absolute Gasteiger partial charge is 0.0650 e. The summed E-state index contributed by atoms with van der Waals surface area (Å²) < 4.78 is 5.58. The van der Waals surface area contributed by atoms with Crippen molar-refractivity contribution >= 4 is 0 Å². The van der Waals surface area contributed by atoms with E-state index in [9.17, 15) is 0 Å². The van der Waals surface area contributed by atoms with Crippen molar-refractivity contribution in [3.8, 4) is 0 Å². The molecule has 0 aromatic heterocycles. The van der Waals surface area contributed by atoms with E-state index in [0.29, 0.717) is 5.54 Å². The number of fused-ring (bicyclic) bond motifs is 1. The first kappa shape index (κ1) is 12.0. The van der Waals surface area contributed by atoms with Gasteiger partial charge in [-0.15, -0.1) is 0 Å². The van der Waals surface area contributed by atoms with Crippen LogP contribution < -0.4 is 0 Å². The molecule has 2 aliphatic rings.